The predicted molar refractivity (Wildman–Crippen MR) is 58.8 cm³/mol. The summed E-state index contributed by atoms with van der Waals surface area (Å²) < 4.78 is 32.2. The Balaban J connectivity index is 2.04. The molecular weight excluding hydrogens is 228 g/mol. The van der Waals surface area contributed by atoms with Gasteiger partial charge in [0, 0.05) is 6.42 Å². The van der Waals surface area contributed by atoms with E-state index in [9.17, 15) is 13.6 Å². The Morgan fingerprint density at radius 2 is 2.00 bits per heavy atom. The lowest BCUT2D eigenvalue weighted by Gasteiger charge is -2.47. The van der Waals surface area contributed by atoms with Crippen LogP contribution in [0.25, 0.3) is 0 Å². The van der Waals surface area contributed by atoms with Crippen LogP contribution in [0.5, 0.6) is 0 Å². The summed E-state index contributed by atoms with van der Waals surface area (Å²) in [6, 6.07) is -1.43. The van der Waals surface area contributed by atoms with Crippen molar-refractivity contribution < 1.29 is 18.3 Å². The zero-order chi connectivity index (χ0) is 12.8. The van der Waals surface area contributed by atoms with Gasteiger partial charge < -0.3 is 4.74 Å². The van der Waals surface area contributed by atoms with Gasteiger partial charge in [0.2, 0.25) is 0 Å². The summed E-state index contributed by atoms with van der Waals surface area (Å²) in [5.74, 6) is -3.38. The van der Waals surface area contributed by atoms with Crippen molar-refractivity contribution in [3.05, 3.63) is 0 Å². The second-order valence-electron chi connectivity index (χ2n) is 6.03. The average molecular weight is 247 g/mol. The Morgan fingerprint density at radius 1 is 1.35 bits per heavy atom. The van der Waals surface area contributed by atoms with E-state index in [1.807, 2.05) is 0 Å². The van der Waals surface area contributed by atoms with Gasteiger partial charge in [-0.1, -0.05) is 0 Å². The number of halogens is 2. The van der Waals surface area contributed by atoms with Gasteiger partial charge in [-0.15, -0.1) is 0 Å². The molecule has 2 aliphatic heterocycles. The van der Waals surface area contributed by atoms with Crippen molar-refractivity contribution in [1.82, 2.24) is 5.32 Å². The molecule has 0 radical (unpaired) electrons. The number of fused-ring (bicyclic) bond motifs is 3. The van der Waals surface area contributed by atoms with Gasteiger partial charge in [-0.25, -0.2) is 8.78 Å². The third-order valence-corrected chi connectivity index (χ3v) is 3.38. The molecule has 3 nitrogen and oxygen atoms in total. The van der Waals surface area contributed by atoms with Gasteiger partial charge in [0.05, 0.1) is 6.04 Å². The van der Waals surface area contributed by atoms with Gasteiger partial charge in [0.1, 0.15) is 11.6 Å². The summed E-state index contributed by atoms with van der Waals surface area (Å²) in [7, 11) is 0. The molecule has 2 bridgehead atoms. The van der Waals surface area contributed by atoms with Gasteiger partial charge in [-0.2, -0.15) is 0 Å². The smallest absolute Gasteiger partial charge is 0.323 e. The quantitative estimate of drug-likeness (QED) is 0.721. The van der Waals surface area contributed by atoms with Gasteiger partial charge >= 0.3 is 5.97 Å². The molecule has 1 saturated carbocycles. The first kappa shape index (κ1) is 12.7. The molecule has 5 heteroatoms. The second-order valence-corrected chi connectivity index (χ2v) is 6.03. The Morgan fingerprint density at radius 3 is 2.41 bits per heavy atom. The van der Waals surface area contributed by atoms with Crippen LogP contribution < -0.4 is 5.32 Å². The van der Waals surface area contributed by atoms with E-state index in [1.165, 1.54) is 0 Å². The fraction of sp³-hybridized carbons (Fsp3) is 0.917. The molecule has 1 aliphatic carbocycles. The lowest BCUT2D eigenvalue weighted by molar-refractivity contribution is -0.171. The molecular formula is C12H19F2NO2. The number of carbonyl (C=O) groups is 1. The van der Waals surface area contributed by atoms with Crippen LogP contribution in [0.15, 0.2) is 0 Å². The minimum Gasteiger partial charge on any atom is -0.459 e. The van der Waals surface area contributed by atoms with Crippen LogP contribution in [0.1, 0.15) is 40.0 Å². The summed E-state index contributed by atoms with van der Waals surface area (Å²) in [6.07, 6.45) is 0.919. The van der Waals surface area contributed by atoms with Crippen molar-refractivity contribution in [3.63, 3.8) is 0 Å². The van der Waals surface area contributed by atoms with Crippen LogP contribution in [0, 0.1) is 5.92 Å². The molecule has 17 heavy (non-hydrogen) atoms. The van der Waals surface area contributed by atoms with Gasteiger partial charge in [-0.3, -0.25) is 10.1 Å². The Kier molecular flexibility index (Phi) is 2.92. The molecule has 0 spiro atoms. The Labute approximate surface area is 99.9 Å². The first-order chi connectivity index (χ1) is 7.69. The summed E-state index contributed by atoms with van der Waals surface area (Å²) in [5.41, 5.74) is -0.571. The van der Waals surface area contributed by atoms with Crippen LogP contribution in [0.3, 0.4) is 0 Å². The number of hydrogen-bond acceptors (Lipinski definition) is 3. The van der Waals surface area contributed by atoms with Crippen LogP contribution in [-0.4, -0.2) is 29.6 Å². The molecule has 1 N–H and O–H groups in total. The van der Waals surface area contributed by atoms with E-state index in [0.717, 1.165) is 0 Å². The number of hydrogen-bond donors (Lipinski definition) is 1. The number of nitrogens with one attached hydrogen (secondary N) is 1. The van der Waals surface area contributed by atoms with Gasteiger partial charge in [0.25, 0.3) is 5.92 Å². The second kappa shape index (κ2) is 3.90. The monoisotopic (exact) mass is 247 g/mol. The number of ether oxygens (including phenoxy) is 1. The van der Waals surface area contributed by atoms with Crippen molar-refractivity contribution in [2.45, 2.75) is 63.6 Å². The van der Waals surface area contributed by atoms with Crippen molar-refractivity contribution in [1.29, 1.82) is 0 Å². The first-order valence-corrected chi connectivity index (χ1v) is 6.06. The summed E-state index contributed by atoms with van der Waals surface area (Å²) in [5, 5.41) is 2.74. The standard InChI is InChI=1S/C12H19F2NO2/c1-11(2,3)17-10(16)9-7-4-5-8(15-9)12(13,14)6-7/h7-9,15H,4-6H2,1-3H3/t7?,8?,9-/m0/s1. The highest BCUT2D eigenvalue weighted by Gasteiger charge is 2.54. The molecule has 0 aromatic rings. The highest BCUT2D eigenvalue weighted by Crippen LogP contribution is 2.43. The first-order valence-electron chi connectivity index (χ1n) is 6.06. The van der Waals surface area contributed by atoms with Crippen molar-refractivity contribution in [2.75, 3.05) is 0 Å². The van der Waals surface area contributed by atoms with Gasteiger partial charge in [0.15, 0.2) is 0 Å². The lowest BCUT2D eigenvalue weighted by Crippen LogP contribution is -2.65. The third kappa shape index (κ3) is 2.59. The summed E-state index contributed by atoms with van der Waals surface area (Å²) >= 11 is 0. The van der Waals surface area contributed by atoms with Crippen molar-refractivity contribution in [3.8, 4) is 0 Å². The number of alkyl halides is 2. The van der Waals surface area contributed by atoms with Crippen LogP contribution in [-0.2, 0) is 9.53 Å². The molecule has 2 saturated heterocycles. The highest BCUT2D eigenvalue weighted by atomic mass is 19.3. The molecule has 0 amide bonds. The number of piperidine rings is 2. The molecule has 0 aromatic heterocycles. The van der Waals surface area contributed by atoms with Crippen LogP contribution in [0.2, 0.25) is 0 Å². The third-order valence-electron chi connectivity index (χ3n) is 3.38. The Hall–Kier alpha value is -0.710. The maximum atomic E-state index is 13.5. The zero-order valence-electron chi connectivity index (χ0n) is 10.4. The van der Waals surface area contributed by atoms with E-state index < -0.39 is 29.6 Å². The van der Waals surface area contributed by atoms with Crippen molar-refractivity contribution in [2.24, 2.45) is 5.92 Å². The SMILES string of the molecule is CC(C)(C)OC(=O)[C@H]1NC2CCC1CC2(F)F. The number of carbonyl (C=O) groups excluding carboxylic acids is 1. The Bertz CT molecular complexity index is 325. The predicted octanol–water partition coefficient (Wildman–Crippen LogP) is 2.10. The number of esters is 1. The molecule has 0 aromatic carbocycles. The lowest BCUT2D eigenvalue weighted by atomic mass is 9.74. The fourth-order valence-electron chi connectivity index (χ4n) is 2.65. The van der Waals surface area contributed by atoms with E-state index in [4.69, 9.17) is 4.74 Å². The molecule has 3 aliphatic rings. The largest absolute Gasteiger partial charge is 0.459 e. The normalized spacial score (nSPS) is 35.7. The minimum absolute atomic E-state index is 0.200. The highest BCUT2D eigenvalue weighted by molar-refractivity contribution is 5.77. The minimum atomic E-state index is -2.68. The van der Waals surface area contributed by atoms with E-state index in [1.54, 1.807) is 20.8 Å². The van der Waals surface area contributed by atoms with Gasteiger partial charge in [-0.05, 0) is 39.5 Å². The topological polar surface area (TPSA) is 38.3 Å². The maximum absolute atomic E-state index is 13.5. The number of rotatable bonds is 1. The molecule has 3 rings (SSSR count). The maximum Gasteiger partial charge on any atom is 0.323 e. The zero-order valence-corrected chi connectivity index (χ0v) is 10.4. The van der Waals surface area contributed by atoms with Crippen LogP contribution in [0.4, 0.5) is 8.78 Å². The molecule has 98 valence electrons. The van der Waals surface area contributed by atoms with E-state index in [-0.39, 0.29) is 12.3 Å². The molecule has 3 fully saturated rings. The average Bonchev–Trinajstić information content (AvgIpc) is 2.13. The van der Waals surface area contributed by atoms with Crippen LogP contribution >= 0.6 is 0 Å². The summed E-state index contributed by atoms with van der Waals surface area (Å²) in [4.78, 5) is 11.9. The molecule has 2 unspecified atom stereocenters. The fourth-order valence-corrected chi connectivity index (χ4v) is 2.65. The van der Waals surface area contributed by atoms with E-state index in [2.05, 4.69) is 5.32 Å². The van der Waals surface area contributed by atoms with E-state index >= 15 is 0 Å². The summed E-state index contributed by atoms with van der Waals surface area (Å²) in [6.45, 7) is 5.34. The molecule has 3 atom stereocenters. The van der Waals surface area contributed by atoms with E-state index in [0.29, 0.717) is 12.8 Å². The van der Waals surface area contributed by atoms with Crippen molar-refractivity contribution >= 4 is 5.97 Å². The molecule has 2 heterocycles.